The van der Waals surface area contributed by atoms with Gasteiger partial charge in [-0.15, -0.1) is 0 Å². The zero-order chi connectivity index (χ0) is 15.1. The van der Waals surface area contributed by atoms with E-state index in [1.165, 1.54) is 31.5 Å². The molecule has 1 N–H and O–H groups in total. The van der Waals surface area contributed by atoms with Crippen molar-refractivity contribution in [2.24, 2.45) is 0 Å². The minimum absolute atomic E-state index is 0.669. The maximum absolute atomic E-state index is 5.90. The summed E-state index contributed by atoms with van der Waals surface area (Å²) in [7, 11) is 6.39. The Morgan fingerprint density at radius 3 is 3.05 bits per heavy atom. The van der Waals surface area contributed by atoms with Crippen LogP contribution in [0.4, 0.5) is 0 Å². The second kappa shape index (κ2) is 8.37. The Labute approximate surface area is 129 Å². The third-order valence-electron chi connectivity index (χ3n) is 4.22. The molecule has 0 aromatic heterocycles. The van der Waals surface area contributed by atoms with Gasteiger partial charge < -0.3 is 15.0 Å². The largest absolute Gasteiger partial charge is 0.492 e. The maximum Gasteiger partial charge on any atom is 0.119 e. The number of likely N-dealkylation sites (tertiary alicyclic amines) is 1. The highest BCUT2D eigenvalue weighted by atomic mass is 16.5. The molecular formula is C17H29N3O. The molecule has 1 heterocycles. The van der Waals surface area contributed by atoms with E-state index in [0.717, 1.165) is 25.4 Å². The molecular weight excluding hydrogens is 262 g/mol. The predicted molar refractivity (Wildman–Crippen MR) is 87.8 cm³/mol. The summed E-state index contributed by atoms with van der Waals surface area (Å²) in [5.41, 5.74) is 1.26. The summed E-state index contributed by atoms with van der Waals surface area (Å²) >= 11 is 0. The van der Waals surface area contributed by atoms with Crippen molar-refractivity contribution in [2.75, 3.05) is 47.4 Å². The van der Waals surface area contributed by atoms with Crippen molar-refractivity contribution in [3.8, 4) is 5.75 Å². The van der Waals surface area contributed by atoms with Gasteiger partial charge in [-0.3, -0.25) is 4.90 Å². The molecule has 1 aliphatic heterocycles. The molecule has 0 saturated carbocycles. The van der Waals surface area contributed by atoms with Gasteiger partial charge in [0.25, 0.3) is 0 Å². The number of nitrogens with one attached hydrogen (secondary N) is 1. The fourth-order valence-corrected chi connectivity index (χ4v) is 2.94. The van der Waals surface area contributed by atoms with Crippen LogP contribution in [0.25, 0.3) is 0 Å². The fraction of sp³-hybridized carbons (Fsp3) is 0.647. The predicted octanol–water partition coefficient (Wildman–Crippen LogP) is 1.81. The number of hydrogen-bond acceptors (Lipinski definition) is 4. The summed E-state index contributed by atoms with van der Waals surface area (Å²) in [6, 6.07) is 9.00. The van der Waals surface area contributed by atoms with Crippen LogP contribution in [0.15, 0.2) is 24.3 Å². The highest BCUT2D eigenvalue weighted by molar-refractivity contribution is 5.28. The molecule has 21 heavy (non-hydrogen) atoms. The molecule has 1 aliphatic rings. The molecule has 0 radical (unpaired) electrons. The molecule has 1 unspecified atom stereocenters. The molecule has 1 fully saturated rings. The maximum atomic E-state index is 5.90. The van der Waals surface area contributed by atoms with Crippen molar-refractivity contribution < 1.29 is 4.74 Å². The molecule has 0 spiro atoms. The van der Waals surface area contributed by atoms with Crippen molar-refractivity contribution in [3.05, 3.63) is 29.8 Å². The highest BCUT2D eigenvalue weighted by Crippen LogP contribution is 2.15. The minimum Gasteiger partial charge on any atom is -0.492 e. The summed E-state index contributed by atoms with van der Waals surface area (Å²) < 4.78 is 5.90. The van der Waals surface area contributed by atoms with Crippen LogP contribution in [0.3, 0.4) is 0 Å². The Morgan fingerprint density at radius 2 is 2.29 bits per heavy atom. The first-order valence-corrected chi connectivity index (χ1v) is 7.94. The summed E-state index contributed by atoms with van der Waals surface area (Å²) in [6.45, 7) is 5.02. The summed E-state index contributed by atoms with van der Waals surface area (Å²) in [4.78, 5) is 4.86. The van der Waals surface area contributed by atoms with Crippen LogP contribution in [0.1, 0.15) is 18.4 Å². The van der Waals surface area contributed by atoms with E-state index in [-0.39, 0.29) is 0 Å². The first-order chi connectivity index (χ1) is 10.2. The van der Waals surface area contributed by atoms with Crippen LogP contribution in [-0.2, 0) is 6.54 Å². The number of rotatable bonds is 7. The van der Waals surface area contributed by atoms with E-state index in [9.17, 15) is 0 Å². The summed E-state index contributed by atoms with van der Waals surface area (Å²) in [5.74, 6) is 0.969. The number of likely N-dealkylation sites (N-methyl/N-ethyl adjacent to an activating group) is 2. The van der Waals surface area contributed by atoms with E-state index < -0.39 is 0 Å². The Morgan fingerprint density at radius 1 is 1.43 bits per heavy atom. The van der Waals surface area contributed by atoms with Gasteiger partial charge in [-0.1, -0.05) is 12.1 Å². The van der Waals surface area contributed by atoms with Gasteiger partial charge in [0, 0.05) is 25.7 Å². The van der Waals surface area contributed by atoms with Crippen molar-refractivity contribution in [1.82, 2.24) is 15.1 Å². The van der Waals surface area contributed by atoms with Gasteiger partial charge in [0.05, 0.1) is 0 Å². The normalized spacial score (nSPS) is 19.9. The van der Waals surface area contributed by atoms with Crippen LogP contribution in [0.2, 0.25) is 0 Å². The fourth-order valence-electron chi connectivity index (χ4n) is 2.94. The molecule has 1 aromatic rings. The Balaban J connectivity index is 1.74. The van der Waals surface area contributed by atoms with E-state index in [4.69, 9.17) is 4.74 Å². The lowest BCUT2D eigenvalue weighted by molar-refractivity contribution is 0.119. The zero-order valence-electron chi connectivity index (χ0n) is 13.6. The molecule has 0 aliphatic carbocycles. The minimum atomic E-state index is 0.669. The number of ether oxygens (including phenoxy) is 1. The summed E-state index contributed by atoms with van der Waals surface area (Å²) in [5, 5.41) is 3.16. The van der Waals surface area contributed by atoms with E-state index in [1.807, 2.05) is 13.1 Å². The van der Waals surface area contributed by atoms with Crippen LogP contribution < -0.4 is 10.1 Å². The van der Waals surface area contributed by atoms with E-state index in [1.54, 1.807) is 0 Å². The lowest BCUT2D eigenvalue weighted by atomic mass is 10.1. The van der Waals surface area contributed by atoms with Gasteiger partial charge in [0.15, 0.2) is 0 Å². The van der Waals surface area contributed by atoms with Gasteiger partial charge in [-0.2, -0.15) is 0 Å². The van der Waals surface area contributed by atoms with Crippen molar-refractivity contribution in [2.45, 2.75) is 25.4 Å². The van der Waals surface area contributed by atoms with Gasteiger partial charge >= 0.3 is 0 Å². The topological polar surface area (TPSA) is 27.7 Å². The first-order valence-electron chi connectivity index (χ1n) is 7.94. The van der Waals surface area contributed by atoms with Gasteiger partial charge in [0.2, 0.25) is 0 Å². The molecule has 4 nitrogen and oxygen atoms in total. The molecule has 1 atom stereocenters. The molecule has 1 aromatic carbocycles. The smallest absolute Gasteiger partial charge is 0.119 e. The van der Waals surface area contributed by atoms with Crippen molar-refractivity contribution in [3.63, 3.8) is 0 Å². The number of piperidine rings is 1. The standard InChI is InChI=1S/C17H29N3O/c1-18-13-15-6-4-8-17(12-15)21-11-10-20(3)16-7-5-9-19(2)14-16/h4,6,8,12,16,18H,5,7,9-11,13-14H2,1-3H3. The van der Waals surface area contributed by atoms with Crippen molar-refractivity contribution in [1.29, 1.82) is 0 Å². The zero-order valence-corrected chi connectivity index (χ0v) is 13.6. The molecule has 0 amide bonds. The lowest BCUT2D eigenvalue weighted by Crippen LogP contribution is -2.46. The molecule has 118 valence electrons. The molecule has 2 rings (SSSR count). The average molecular weight is 291 g/mol. The number of hydrogen-bond donors (Lipinski definition) is 1. The average Bonchev–Trinajstić information content (AvgIpc) is 2.48. The second-order valence-corrected chi connectivity index (χ2v) is 6.07. The lowest BCUT2D eigenvalue weighted by Gasteiger charge is -2.35. The molecule has 4 heteroatoms. The quantitative estimate of drug-likeness (QED) is 0.829. The third-order valence-corrected chi connectivity index (χ3v) is 4.22. The first kappa shape index (κ1) is 16.3. The van der Waals surface area contributed by atoms with Crippen molar-refractivity contribution >= 4 is 0 Å². The van der Waals surface area contributed by atoms with Crippen LogP contribution in [0, 0.1) is 0 Å². The van der Waals surface area contributed by atoms with E-state index in [2.05, 4.69) is 47.4 Å². The Kier molecular flexibility index (Phi) is 6.49. The monoisotopic (exact) mass is 291 g/mol. The summed E-state index contributed by atoms with van der Waals surface area (Å²) in [6.07, 6.45) is 2.61. The highest BCUT2D eigenvalue weighted by Gasteiger charge is 2.20. The third kappa shape index (κ3) is 5.30. The van der Waals surface area contributed by atoms with Gasteiger partial charge in [-0.25, -0.2) is 0 Å². The van der Waals surface area contributed by atoms with Crippen LogP contribution in [0.5, 0.6) is 5.75 Å². The van der Waals surface area contributed by atoms with Gasteiger partial charge in [-0.05, 0) is 58.2 Å². The van der Waals surface area contributed by atoms with Crippen LogP contribution >= 0.6 is 0 Å². The second-order valence-electron chi connectivity index (χ2n) is 6.07. The van der Waals surface area contributed by atoms with E-state index >= 15 is 0 Å². The number of benzene rings is 1. The van der Waals surface area contributed by atoms with Crippen LogP contribution in [-0.4, -0.2) is 63.2 Å². The molecule has 1 saturated heterocycles. The Bertz CT molecular complexity index is 424. The van der Waals surface area contributed by atoms with Gasteiger partial charge in [0.1, 0.15) is 12.4 Å². The molecule has 0 bridgehead atoms. The number of nitrogens with zero attached hydrogens (tertiary/aromatic N) is 2. The SMILES string of the molecule is CNCc1cccc(OCCN(C)C2CCCN(C)C2)c1. The van der Waals surface area contributed by atoms with E-state index in [0.29, 0.717) is 6.04 Å². The Hall–Kier alpha value is -1.10.